The summed E-state index contributed by atoms with van der Waals surface area (Å²) in [7, 11) is 0. The molecule has 0 bridgehead atoms. The lowest BCUT2D eigenvalue weighted by Gasteiger charge is -2.32. The molecule has 5 rings (SSSR count). The Morgan fingerprint density at radius 1 is 1.21 bits per heavy atom. The number of carbonyl (C=O) groups is 3. The summed E-state index contributed by atoms with van der Waals surface area (Å²) in [5.41, 5.74) is -0.549. The van der Waals surface area contributed by atoms with E-state index in [0.717, 1.165) is 45.1 Å². The topological polar surface area (TPSA) is 82.6 Å². The molecular formula is C24H22F2N4O3S. The van der Waals surface area contributed by atoms with Crippen LogP contribution in [0, 0.1) is 11.6 Å². The van der Waals surface area contributed by atoms with Gasteiger partial charge in [0.25, 0.3) is 5.91 Å². The van der Waals surface area contributed by atoms with E-state index in [-0.39, 0.29) is 17.4 Å². The summed E-state index contributed by atoms with van der Waals surface area (Å²) >= 11 is 1.62. The van der Waals surface area contributed by atoms with Gasteiger partial charge in [0.05, 0.1) is 15.2 Å². The number of piperidine rings is 1. The van der Waals surface area contributed by atoms with E-state index in [4.69, 9.17) is 4.98 Å². The zero-order chi connectivity index (χ0) is 24.0. The first kappa shape index (κ1) is 22.4. The molecule has 2 aliphatic rings. The summed E-state index contributed by atoms with van der Waals surface area (Å²) in [5.74, 6) is -3.11. The maximum Gasteiger partial charge on any atom is 0.325 e. The van der Waals surface area contributed by atoms with Crippen LogP contribution in [0.15, 0.2) is 42.5 Å². The molecule has 2 saturated heterocycles. The lowest BCUT2D eigenvalue weighted by molar-refractivity contribution is -0.139. The zero-order valence-electron chi connectivity index (χ0n) is 18.4. The largest absolute Gasteiger partial charge is 0.340 e. The van der Waals surface area contributed by atoms with Crippen molar-refractivity contribution < 1.29 is 23.2 Å². The Morgan fingerprint density at radius 2 is 2.00 bits per heavy atom. The van der Waals surface area contributed by atoms with Crippen molar-refractivity contribution in [3.63, 3.8) is 0 Å². The monoisotopic (exact) mass is 484 g/mol. The number of nitrogens with one attached hydrogen (secondary N) is 1. The summed E-state index contributed by atoms with van der Waals surface area (Å²) in [5, 5.41) is 3.49. The van der Waals surface area contributed by atoms with Crippen LogP contribution in [0.4, 0.5) is 13.6 Å². The number of carbonyl (C=O) groups excluding carboxylic acids is 3. The van der Waals surface area contributed by atoms with E-state index in [2.05, 4.69) is 5.32 Å². The number of rotatable bonds is 4. The Labute approximate surface area is 198 Å². The molecule has 10 heteroatoms. The van der Waals surface area contributed by atoms with Gasteiger partial charge >= 0.3 is 6.03 Å². The standard InChI is InChI=1S/C24H22F2N4O3S/c1-24(15-8-9-16(25)17(26)11-15)22(32)30(23(33)28-24)13-20(31)29-10-4-5-14(12-29)21-27-18-6-2-3-7-19(18)34-21/h2-3,6-9,11,14H,4-5,10,12-13H2,1H3,(H,28,33)/t14-,24+/m0/s1. The molecule has 0 saturated carbocycles. The van der Waals surface area contributed by atoms with Gasteiger partial charge < -0.3 is 10.2 Å². The third-order valence-electron chi connectivity index (χ3n) is 6.50. The molecule has 2 aliphatic heterocycles. The van der Waals surface area contributed by atoms with Crippen LogP contribution in [0.2, 0.25) is 0 Å². The first-order valence-corrected chi connectivity index (χ1v) is 11.8. The van der Waals surface area contributed by atoms with Crippen molar-refractivity contribution in [2.45, 2.75) is 31.2 Å². The Morgan fingerprint density at radius 3 is 2.76 bits per heavy atom. The lowest BCUT2D eigenvalue weighted by Crippen LogP contribution is -2.47. The van der Waals surface area contributed by atoms with Crippen LogP contribution in [0.5, 0.6) is 0 Å². The molecule has 1 N–H and O–H groups in total. The van der Waals surface area contributed by atoms with Gasteiger partial charge in [-0.3, -0.25) is 14.5 Å². The van der Waals surface area contributed by atoms with E-state index in [1.165, 1.54) is 13.0 Å². The number of hydrogen-bond donors (Lipinski definition) is 1. The molecule has 3 heterocycles. The summed E-state index contributed by atoms with van der Waals surface area (Å²) in [6.45, 7) is 1.98. The third kappa shape index (κ3) is 3.81. The zero-order valence-corrected chi connectivity index (χ0v) is 19.2. The quantitative estimate of drug-likeness (QED) is 0.572. The van der Waals surface area contributed by atoms with Gasteiger partial charge in [0.15, 0.2) is 11.6 Å². The number of hydrogen-bond acceptors (Lipinski definition) is 5. The molecular weight excluding hydrogens is 462 g/mol. The number of fused-ring (bicyclic) bond motifs is 1. The van der Waals surface area contributed by atoms with Crippen LogP contribution < -0.4 is 5.32 Å². The number of thiazole rings is 1. The van der Waals surface area contributed by atoms with Gasteiger partial charge in [-0.25, -0.2) is 18.6 Å². The van der Waals surface area contributed by atoms with E-state index in [0.29, 0.717) is 13.1 Å². The molecule has 3 aromatic rings. The number of urea groups is 1. The van der Waals surface area contributed by atoms with Gasteiger partial charge in [0, 0.05) is 19.0 Å². The van der Waals surface area contributed by atoms with Crippen LogP contribution in [0.25, 0.3) is 10.2 Å². The van der Waals surface area contributed by atoms with Crippen molar-refractivity contribution >= 4 is 39.4 Å². The Balaban J connectivity index is 1.30. The minimum atomic E-state index is -1.59. The van der Waals surface area contributed by atoms with Crippen molar-refractivity contribution in [3.05, 3.63) is 64.7 Å². The number of para-hydroxylation sites is 1. The van der Waals surface area contributed by atoms with Crippen LogP contribution in [0.1, 0.15) is 36.3 Å². The van der Waals surface area contributed by atoms with Crippen molar-refractivity contribution in [2.24, 2.45) is 0 Å². The van der Waals surface area contributed by atoms with E-state index >= 15 is 0 Å². The van der Waals surface area contributed by atoms with Crippen LogP contribution in [-0.4, -0.2) is 52.3 Å². The molecule has 176 valence electrons. The number of likely N-dealkylation sites (tertiary alicyclic amines) is 1. The molecule has 0 unspecified atom stereocenters. The minimum Gasteiger partial charge on any atom is -0.340 e. The molecule has 34 heavy (non-hydrogen) atoms. The second-order valence-electron chi connectivity index (χ2n) is 8.77. The molecule has 0 aliphatic carbocycles. The maximum absolute atomic E-state index is 13.7. The molecule has 0 radical (unpaired) electrons. The van der Waals surface area contributed by atoms with Crippen molar-refractivity contribution in [3.8, 4) is 0 Å². The highest BCUT2D eigenvalue weighted by molar-refractivity contribution is 7.18. The highest BCUT2D eigenvalue weighted by atomic mass is 32.1. The van der Waals surface area contributed by atoms with Gasteiger partial charge in [-0.15, -0.1) is 11.3 Å². The summed E-state index contributed by atoms with van der Waals surface area (Å²) in [6, 6.07) is 10.2. The fourth-order valence-electron chi connectivity index (χ4n) is 4.55. The highest BCUT2D eigenvalue weighted by Crippen LogP contribution is 2.34. The molecule has 0 spiro atoms. The summed E-state index contributed by atoms with van der Waals surface area (Å²) in [4.78, 5) is 45.9. The molecule has 2 atom stereocenters. The second-order valence-corrected chi connectivity index (χ2v) is 9.84. The third-order valence-corrected chi connectivity index (χ3v) is 7.70. The van der Waals surface area contributed by atoms with E-state index in [9.17, 15) is 23.2 Å². The average molecular weight is 485 g/mol. The fourth-order valence-corrected chi connectivity index (χ4v) is 5.64. The normalized spacial score (nSPS) is 23.0. The van der Waals surface area contributed by atoms with Gasteiger partial charge in [-0.05, 0) is 49.6 Å². The van der Waals surface area contributed by atoms with E-state index in [1.54, 1.807) is 16.2 Å². The van der Waals surface area contributed by atoms with Gasteiger partial charge in [0.2, 0.25) is 5.91 Å². The Bertz CT molecular complexity index is 1280. The van der Waals surface area contributed by atoms with Crippen LogP contribution in [0.3, 0.4) is 0 Å². The number of nitrogens with zero attached hydrogens (tertiary/aromatic N) is 3. The number of benzene rings is 2. The number of amides is 4. The lowest BCUT2D eigenvalue weighted by atomic mass is 9.92. The van der Waals surface area contributed by atoms with Crippen molar-refractivity contribution in [2.75, 3.05) is 19.6 Å². The Kier molecular flexibility index (Phi) is 5.55. The summed E-state index contributed by atoms with van der Waals surface area (Å²) < 4.78 is 28.2. The van der Waals surface area contributed by atoms with Gasteiger partial charge in [-0.1, -0.05) is 18.2 Å². The number of imide groups is 1. The fraction of sp³-hybridized carbons (Fsp3) is 0.333. The number of halogens is 2. The maximum atomic E-state index is 13.7. The predicted octanol–water partition coefficient (Wildman–Crippen LogP) is 3.75. The predicted molar refractivity (Wildman–Crippen MR) is 122 cm³/mol. The Hall–Kier alpha value is -3.40. The van der Waals surface area contributed by atoms with Crippen LogP contribution >= 0.6 is 11.3 Å². The van der Waals surface area contributed by atoms with Crippen LogP contribution in [-0.2, 0) is 15.1 Å². The highest BCUT2D eigenvalue weighted by Gasteiger charge is 2.50. The molecule has 2 fully saturated rings. The van der Waals surface area contributed by atoms with E-state index in [1.807, 2.05) is 24.3 Å². The first-order chi connectivity index (χ1) is 16.3. The second kappa shape index (κ2) is 8.43. The molecule has 7 nitrogen and oxygen atoms in total. The SMILES string of the molecule is C[C@]1(c2ccc(F)c(F)c2)NC(=O)N(CC(=O)N2CCC[C@H](c3nc4ccccc4s3)C2)C1=O. The molecule has 2 aromatic carbocycles. The minimum absolute atomic E-state index is 0.0886. The molecule has 4 amide bonds. The smallest absolute Gasteiger partial charge is 0.325 e. The van der Waals surface area contributed by atoms with Gasteiger partial charge in [-0.2, -0.15) is 0 Å². The average Bonchev–Trinajstić information content (AvgIpc) is 3.36. The van der Waals surface area contributed by atoms with E-state index < -0.39 is 35.7 Å². The van der Waals surface area contributed by atoms with Gasteiger partial charge in [0.1, 0.15) is 12.1 Å². The van der Waals surface area contributed by atoms with Crippen molar-refractivity contribution in [1.29, 1.82) is 0 Å². The first-order valence-electron chi connectivity index (χ1n) is 11.0. The number of aromatic nitrogens is 1. The van der Waals surface area contributed by atoms with Crippen molar-refractivity contribution in [1.82, 2.24) is 20.1 Å². The molecule has 1 aromatic heterocycles. The summed E-state index contributed by atoms with van der Waals surface area (Å²) in [6.07, 6.45) is 1.69.